The zero-order chi connectivity index (χ0) is 21.4. The molecule has 1 unspecified atom stereocenters. The molecule has 30 heavy (non-hydrogen) atoms. The van der Waals surface area contributed by atoms with Crippen LogP contribution in [0, 0.1) is 12.8 Å². The van der Waals surface area contributed by atoms with Crippen molar-refractivity contribution in [2.24, 2.45) is 5.92 Å². The average molecular weight is 416 g/mol. The molecule has 0 N–H and O–H groups in total. The summed E-state index contributed by atoms with van der Waals surface area (Å²) >= 11 is 0. The van der Waals surface area contributed by atoms with Crippen LogP contribution in [0.3, 0.4) is 0 Å². The number of benzene rings is 3. The molecule has 3 nitrogen and oxygen atoms in total. The molecule has 0 amide bonds. The summed E-state index contributed by atoms with van der Waals surface area (Å²) < 4.78 is 56.5. The molecule has 0 fully saturated rings. The fraction of sp³-hybridized carbons (Fsp3) is 0.250. The molecular weight excluding hydrogens is 393 g/mol. The summed E-state index contributed by atoms with van der Waals surface area (Å²) in [6.45, 7) is 0.916. The van der Waals surface area contributed by atoms with Crippen LogP contribution in [0.25, 0.3) is 0 Å². The van der Waals surface area contributed by atoms with Gasteiger partial charge in [-0.2, -0.15) is 13.2 Å². The maximum atomic E-state index is 13.4. The van der Waals surface area contributed by atoms with Crippen molar-refractivity contribution in [1.82, 2.24) is 0 Å². The Kier molecular flexibility index (Phi) is 7.36. The lowest BCUT2D eigenvalue weighted by molar-refractivity contribution is -0.196. The molecule has 0 spiro atoms. The Labute approximate surface area is 174 Å². The monoisotopic (exact) mass is 416 g/mol. The Morgan fingerprint density at radius 3 is 2.20 bits per heavy atom. The van der Waals surface area contributed by atoms with Crippen LogP contribution in [0.15, 0.2) is 78.9 Å². The van der Waals surface area contributed by atoms with Crippen molar-refractivity contribution in [1.29, 1.82) is 0 Å². The number of para-hydroxylation sites is 1. The molecule has 3 aromatic rings. The minimum Gasteiger partial charge on any atom is -0.493 e. The van der Waals surface area contributed by atoms with E-state index in [-0.39, 0.29) is 6.61 Å². The van der Waals surface area contributed by atoms with E-state index in [4.69, 9.17) is 14.2 Å². The van der Waals surface area contributed by atoms with Gasteiger partial charge in [-0.1, -0.05) is 42.5 Å². The first-order valence-electron chi connectivity index (χ1n) is 9.56. The van der Waals surface area contributed by atoms with Crippen molar-refractivity contribution in [3.63, 3.8) is 0 Å². The molecule has 0 heterocycles. The van der Waals surface area contributed by atoms with E-state index in [0.29, 0.717) is 17.2 Å². The van der Waals surface area contributed by atoms with Crippen LogP contribution in [-0.2, 0) is 11.3 Å². The van der Waals surface area contributed by atoms with Gasteiger partial charge in [0.05, 0.1) is 13.2 Å². The van der Waals surface area contributed by atoms with Crippen molar-refractivity contribution in [3.8, 4) is 17.2 Å². The minimum absolute atomic E-state index is 0.0447. The van der Waals surface area contributed by atoms with Gasteiger partial charge < -0.3 is 14.2 Å². The zero-order valence-electron chi connectivity index (χ0n) is 16.6. The van der Waals surface area contributed by atoms with Gasteiger partial charge in [0.2, 0.25) is 0 Å². The summed E-state index contributed by atoms with van der Waals surface area (Å²) in [5.74, 6) is -0.0322. The molecular formula is C24H23F3O3. The van der Waals surface area contributed by atoms with E-state index >= 15 is 0 Å². The molecule has 0 radical (unpaired) electrons. The summed E-state index contributed by atoms with van der Waals surface area (Å²) in [5, 5.41) is 0. The molecule has 0 aliphatic carbocycles. The zero-order valence-corrected chi connectivity index (χ0v) is 16.6. The molecule has 0 bridgehead atoms. The third-order valence-corrected chi connectivity index (χ3v) is 4.37. The molecule has 158 valence electrons. The van der Waals surface area contributed by atoms with E-state index in [9.17, 15) is 13.2 Å². The Hall–Kier alpha value is -2.99. The van der Waals surface area contributed by atoms with Gasteiger partial charge in [-0.3, -0.25) is 0 Å². The van der Waals surface area contributed by atoms with E-state index < -0.39 is 25.3 Å². The number of halogens is 3. The highest BCUT2D eigenvalue weighted by molar-refractivity contribution is 5.33. The van der Waals surface area contributed by atoms with Crippen LogP contribution < -0.4 is 9.47 Å². The Balaban J connectivity index is 1.54. The van der Waals surface area contributed by atoms with Gasteiger partial charge in [-0.05, 0) is 54.4 Å². The summed E-state index contributed by atoms with van der Waals surface area (Å²) in [6.07, 6.45) is -4.41. The van der Waals surface area contributed by atoms with Gasteiger partial charge in [0.25, 0.3) is 0 Å². The van der Waals surface area contributed by atoms with Gasteiger partial charge in [0, 0.05) is 0 Å². The topological polar surface area (TPSA) is 27.7 Å². The van der Waals surface area contributed by atoms with Gasteiger partial charge >= 0.3 is 6.18 Å². The summed E-state index contributed by atoms with van der Waals surface area (Å²) in [6, 6.07) is 23.3. The lowest BCUT2D eigenvalue weighted by Gasteiger charge is -2.21. The first-order chi connectivity index (χ1) is 14.4. The second-order valence-corrected chi connectivity index (χ2v) is 6.94. The first kappa shape index (κ1) is 21.7. The number of rotatable bonds is 9. The SMILES string of the molecule is Cc1cccc(OCC(COCc2cccc(Oc3ccccc3)c2)C(F)(F)F)c1. The Morgan fingerprint density at radius 1 is 0.767 bits per heavy atom. The van der Waals surface area contributed by atoms with Crippen LogP contribution in [-0.4, -0.2) is 19.4 Å². The maximum absolute atomic E-state index is 13.4. The molecule has 0 saturated carbocycles. The molecule has 3 aromatic carbocycles. The summed E-state index contributed by atoms with van der Waals surface area (Å²) in [5.41, 5.74) is 1.65. The quantitative estimate of drug-likeness (QED) is 0.395. The molecule has 0 aliphatic rings. The minimum atomic E-state index is -4.41. The highest BCUT2D eigenvalue weighted by atomic mass is 19.4. The van der Waals surface area contributed by atoms with Crippen LogP contribution >= 0.6 is 0 Å². The standard InChI is InChI=1S/C24H23F3O3/c1-18-7-5-11-22(13-18)29-17-20(24(25,26)27)16-28-15-19-8-6-12-23(14-19)30-21-9-3-2-4-10-21/h2-14,20H,15-17H2,1H3. The molecule has 0 aliphatic heterocycles. The van der Waals surface area contributed by atoms with Gasteiger partial charge in [-0.15, -0.1) is 0 Å². The first-order valence-corrected chi connectivity index (χ1v) is 9.56. The van der Waals surface area contributed by atoms with Gasteiger partial charge in [-0.25, -0.2) is 0 Å². The lowest BCUT2D eigenvalue weighted by atomic mass is 10.1. The third kappa shape index (κ3) is 6.81. The van der Waals surface area contributed by atoms with Crippen LogP contribution in [0.4, 0.5) is 13.2 Å². The highest BCUT2D eigenvalue weighted by Crippen LogP contribution is 2.28. The molecule has 3 rings (SSSR count). The maximum Gasteiger partial charge on any atom is 0.397 e. The Morgan fingerprint density at radius 2 is 1.47 bits per heavy atom. The van der Waals surface area contributed by atoms with Gasteiger partial charge in [0.15, 0.2) is 0 Å². The number of hydrogen-bond donors (Lipinski definition) is 0. The predicted octanol–water partition coefficient (Wildman–Crippen LogP) is 6.56. The Bertz CT molecular complexity index is 926. The highest BCUT2D eigenvalue weighted by Gasteiger charge is 2.40. The van der Waals surface area contributed by atoms with E-state index in [1.165, 1.54) is 0 Å². The lowest BCUT2D eigenvalue weighted by Crippen LogP contribution is -2.32. The number of alkyl halides is 3. The number of aryl methyl sites for hydroxylation is 1. The van der Waals surface area contributed by atoms with Crippen molar-refractivity contribution >= 4 is 0 Å². The number of hydrogen-bond acceptors (Lipinski definition) is 3. The van der Waals surface area contributed by atoms with Crippen LogP contribution in [0.5, 0.6) is 17.2 Å². The second kappa shape index (κ2) is 10.2. The summed E-state index contributed by atoms with van der Waals surface area (Å²) in [7, 11) is 0. The normalized spacial score (nSPS) is 12.4. The largest absolute Gasteiger partial charge is 0.493 e. The molecule has 1 atom stereocenters. The van der Waals surface area contributed by atoms with Crippen molar-refractivity contribution in [3.05, 3.63) is 90.0 Å². The van der Waals surface area contributed by atoms with E-state index in [1.807, 2.05) is 43.3 Å². The van der Waals surface area contributed by atoms with Crippen LogP contribution in [0.2, 0.25) is 0 Å². The fourth-order valence-electron chi connectivity index (χ4n) is 2.78. The van der Waals surface area contributed by atoms with Gasteiger partial charge in [0.1, 0.15) is 29.8 Å². The second-order valence-electron chi connectivity index (χ2n) is 6.94. The third-order valence-electron chi connectivity index (χ3n) is 4.37. The number of ether oxygens (including phenoxy) is 3. The molecule has 0 saturated heterocycles. The van der Waals surface area contributed by atoms with Crippen molar-refractivity contribution < 1.29 is 27.4 Å². The summed E-state index contributed by atoms with van der Waals surface area (Å²) in [4.78, 5) is 0. The van der Waals surface area contributed by atoms with E-state index in [0.717, 1.165) is 11.1 Å². The molecule has 0 aromatic heterocycles. The predicted molar refractivity (Wildman–Crippen MR) is 109 cm³/mol. The van der Waals surface area contributed by atoms with E-state index in [1.54, 1.807) is 42.5 Å². The smallest absolute Gasteiger partial charge is 0.397 e. The molecule has 6 heteroatoms. The fourth-order valence-corrected chi connectivity index (χ4v) is 2.78. The van der Waals surface area contributed by atoms with E-state index in [2.05, 4.69) is 0 Å². The average Bonchev–Trinajstić information content (AvgIpc) is 2.71. The van der Waals surface area contributed by atoms with Crippen LogP contribution in [0.1, 0.15) is 11.1 Å². The van der Waals surface area contributed by atoms with Crippen molar-refractivity contribution in [2.45, 2.75) is 19.7 Å². The van der Waals surface area contributed by atoms with Crippen molar-refractivity contribution in [2.75, 3.05) is 13.2 Å².